The van der Waals surface area contributed by atoms with E-state index in [1.807, 2.05) is 0 Å². The Morgan fingerprint density at radius 2 is 2.16 bits per heavy atom. The minimum Gasteiger partial charge on any atom is -0.358 e. The molecule has 1 aromatic heterocycles. The van der Waals surface area contributed by atoms with Crippen molar-refractivity contribution in [2.45, 2.75) is 32.4 Å². The van der Waals surface area contributed by atoms with Gasteiger partial charge in [0.1, 0.15) is 0 Å². The molecule has 3 nitrogen and oxygen atoms in total. The van der Waals surface area contributed by atoms with Gasteiger partial charge in [0.2, 0.25) is 0 Å². The number of aryl methyl sites for hydroxylation is 1. The van der Waals surface area contributed by atoms with Crippen LogP contribution in [0.5, 0.6) is 0 Å². The molecule has 0 spiro atoms. The molecule has 0 aliphatic carbocycles. The van der Waals surface area contributed by atoms with Gasteiger partial charge in [-0.05, 0) is 45.0 Å². The van der Waals surface area contributed by atoms with E-state index in [9.17, 15) is 0 Å². The van der Waals surface area contributed by atoms with Crippen LogP contribution < -0.4 is 5.32 Å². The van der Waals surface area contributed by atoms with Crippen molar-refractivity contribution in [1.82, 2.24) is 15.2 Å². The number of para-hydroxylation sites is 1. The van der Waals surface area contributed by atoms with E-state index in [0.29, 0.717) is 6.04 Å². The molecule has 3 rings (SSSR count). The van der Waals surface area contributed by atoms with Gasteiger partial charge < -0.3 is 10.3 Å². The lowest BCUT2D eigenvalue weighted by atomic mass is 10.0. The molecular formula is C16H23N3. The van der Waals surface area contributed by atoms with Crippen LogP contribution in [-0.2, 0) is 6.54 Å². The molecule has 2 aromatic rings. The summed E-state index contributed by atoms with van der Waals surface area (Å²) in [7, 11) is 2.25. The summed E-state index contributed by atoms with van der Waals surface area (Å²) in [5.74, 6) is 0. The standard InChI is InChI=1S/C16H23N3/c1-12-15(14-7-3-4-8-16(14)18-12)11-19(2)13-6-5-9-17-10-13/h3-4,7-8,13,17-18H,5-6,9-11H2,1-2H3. The Kier molecular flexibility index (Phi) is 3.58. The summed E-state index contributed by atoms with van der Waals surface area (Å²) >= 11 is 0. The zero-order chi connectivity index (χ0) is 13.2. The first-order valence-electron chi connectivity index (χ1n) is 7.23. The summed E-state index contributed by atoms with van der Waals surface area (Å²) < 4.78 is 0. The quantitative estimate of drug-likeness (QED) is 0.885. The highest BCUT2D eigenvalue weighted by Crippen LogP contribution is 2.24. The van der Waals surface area contributed by atoms with E-state index in [1.54, 1.807) is 0 Å². The molecule has 19 heavy (non-hydrogen) atoms. The largest absolute Gasteiger partial charge is 0.358 e. The molecule has 0 bridgehead atoms. The SMILES string of the molecule is Cc1[nH]c2ccccc2c1CN(C)C1CCCNC1. The number of likely N-dealkylation sites (N-methyl/N-ethyl adjacent to an activating group) is 1. The summed E-state index contributed by atoms with van der Waals surface area (Å²) in [5.41, 5.74) is 4.01. The number of benzene rings is 1. The summed E-state index contributed by atoms with van der Waals surface area (Å²) in [6.07, 6.45) is 2.60. The number of nitrogens with zero attached hydrogens (tertiary/aromatic N) is 1. The van der Waals surface area contributed by atoms with Crippen LogP contribution in [0.2, 0.25) is 0 Å². The van der Waals surface area contributed by atoms with Gasteiger partial charge in [-0.3, -0.25) is 4.90 Å². The summed E-state index contributed by atoms with van der Waals surface area (Å²) in [6.45, 7) is 5.51. The minimum absolute atomic E-state index is 0.668. The zero-order valence-corrected chi connectivity index (χ0v) is 11.9. The Morgan fingerprint density at radius 3 is 2.95 bits per heavy atom. The maximum absolute atomic E-state index is 3.50. The fraction of sp³-hybridized carbons (Fsp3) is 0.500. The van der Waals surface area contributed by atoms with E-state index in [2.05, 4.69) is 53.4 Å². The normalized spacial score (nSPS) is 20.3. The van der Waals surface area contributed by atoms with Crippen molar-refractivity contribution >= 4 is 10.9 Å². The van der Waals surface area contributed by atoms with E-state index < -0.39 is 0 Å². The average Bonchev–Trinajstić information content (AvgIpc) is 2.76. The second-order valence-electron chi connectivity index (χ2n) is 5.69. The molecule has 1 atom stereocenters. The van der Waals surface area contributed by atoms with Crippen LogP contribution in [0.1, 0.15) is 24.1 Å². The lowest BCUT2D eigenvalue weighted by Crippen LogP contribution is -2.43. The minimum atomic E-state index is 0.668. The molecule has 2 N–H and O–H groups in total. The molecule has 1 aliphatic heterocycles. The molecule has 0 amide bonds. The van der Waals surface area contributed by atoms with E-state index in [4.69, 9.17) is 0 Å². The van der Waals surface area contributed by atoms with Crippen molar-refractivity contribution in [3.63, 3.8) is 0 Å². The van der Waals surface area contributed by atoms with Gasteiger partial charge in [-0.25, -0.2) is 0 Å². The molecule has 1 saturated heterocycles. The molecule has 2 heterocycles. The number of nitrogens with one attached hydrogen (secondary N) is 2. The lowest BCUT2D eigenvalue weighted by molar-refractivity contribution is 0.196. The highest BCUT2D eigenvalue weighted by Gasteiger charge is 2.19. The van der Waals surface area contributed by atoms with Crippen LogP contribution in [0.25, 0.3) is 10.9 Å². The Labute approximate surface area is 115 Å². The Morgan fingerprint density at radius 1 is 1.32 bits per heavy atom. The van der Waals surface area contributed by atoms with Crippen LogP contribution in [0.4, 0.5) is 0 Å². The van der Waals surface area contributed by atoms with Crippen LogP contribution in [-0.4, -0.2) is 36.1 Å². The fourth-order valence-corrected chi connectivity index (χ4v) is 3.13. The molecule has 1 fully saturated rings. The second-order valence-corrected chi connectivity index (χ2v) is 5.69. The van der Waals surface area contributed by atoms with Crippen molar-refractivity contribution in [1.29, 1.82) is 0 Å². The third-order valence-corrected chi connectivity index (χ3v) is 4.33. The van der Waals surface area contributed by atoms with Crippen molar-refractivity contribution < 1.29 is 0 Å². The smallest absolute Gasteiger partial charge is 0.0459 e. The topological polar surface area (TPSA) is 31.1 Å². The van der Waals surface area contributed by atoms with Gasteiger partial charge in [0.05, 0.1) is 0 Å². The van der Waals surface area contributed by atoms with E-state index in [0.717, 1.165) is 13.1 Å². The number of piperidine rings is 1. The van der Waals surface area contributed by atoms with Gasteiger partial charge in [0.15, 0.2) is 0 Å². The molecule has 102 valence electrons. The van der Waals surface area contributed by atoms with Crippen LogP contribution in [0.3, 0.4) is 0 Å². The monoisotopic (exact) mass is 257 g/mol. The maximum atomic E-state index is 3.50. The fourth-order valence-electron chi connectivity index (χ4n) is 3.13. The van der Waals surface area contributed by atoms with Crippen LogP contribution >= 0.6 is 0 Å². The first kappa shape index (κ1) is 12.7. The second kappa shape index (κ2) is 5.35. The third-order valence-electron chi connectivity index (χ3n) is 4.33. The summed E-state index contributed by atoms with van der Waals surface area (Å²) in [6, 6.07) is 9.27. The zero-order valence-electron chi connectivity index (χ0n) is 11.9. The molecule has 0 radical (unpaired) electrons. The van der Waals surface area contributed by atoms with E-state index in [1.165, 1.54) is 41.5 Å². The predicted octanol–water partition coefficient (Wildman–Crippen LogP) is 2.66. The molecule has 1 aromatic carbocycles. The number of H-pyrrole nitrogens is 1. The van der Waals surface area contributed by atoms with E-state index >= 15 is 0 Å². The third kappa shape index (κ3) is 2.53. The number of aromatic amines is 1. The maximum Gasteiger partial charge on any atom is 0.0459 e. The summed E-state index contributed by atoms with van der Waals surface area (Å²) in [5, 5.41) is 4.87. The highest BCUT2D eigenvalue weighted by molar-refractivity contribution is 5.84. The van der Waals surface area contributed by atoms with Crippen LogP contribution in [0.15, 0.2) is 24.3 Å². The molecule has 1 unspecified atom stereocenters. The van der Waals surface area contributed by atoms with Crippen LogP contribution in [0, 0.1) is 6.92 Å². The van der Waals surface area contributed by atoms with Gasteiger partial charge >= 0.3 is 0 Å². The van der Waals surface area contributed by atoms with Gasteiger partial charge in [0, 0.05) is 35.7 Å². The first-order chi connectivity index (χ1) is 9.25. The molecular weight excluding hydrogens is 234 g/mol. The first-order valence-corrected chi connectivity index (χ1v) is 7.23. The average molecular weight is 257 g/mol. The predicted molar refractivity (Wildman–Crippen MR) is 80.4 cm³/mol. The Hall–Kier alpha value is -1.32. The van der Waals surface area contributed by atoms with E-state index in [-0.39, 0.29) is 0 Å². The number of hydrogen-bond acceptors (Lipinski definition) is 2. The Balaban J connectivity index is 1.82. The number of hydrogen-bond donors (Lipinski definition) is 2. The number of rotatable bonds is 3. The molecule has 1 aliphatic rings. The van der Waals surface area contributed by atoms with Crippen molar-refractivity contribution in [2.24, 2.45) is 0 Å². The van der Waals surface area contributed by atoms with Gasteiger partial charge in [-0.2, -0.15) is 0 Å². The number of aromatic nitrogens is 1. The Bertz CT molecular complexity index is 552. The molecule has 0 saturated carbocycles. The summed E-state index contributed by atoms with van der Waals surface area (Å²) in [4.78, 5) is 5.99. The lowest BCUT2D eigenvalue weighted by Gasteiger charge is -2.31. The highest BCUT2D eigenvalue weighted by atomic mass is 15.2. The van der Waals surface area contributed by atoms with Gasteiger partial charge in [0.25, 0.3) is 0 Å². The van der Waals surface area contributed by atoms with Crippen molar-refractivity contribution in [3.05, 3.63) is 35.5 Å². The molecule has 3 heteroatoms. The van der Waals surface area contributed by atoms with Gasteiger partial charge in [-0.15, -0.1) is 0 Å². The van der Waals surface area contributed by atoms with Crippen molar-refractivity contribution in [3.8, 4) is 0 Å². The number of fused-ring (bicyclic) bond motifs is 1. The van der Waals surface area contributed by atoms with Crippen molar-refractivity contribution in [2.75, 3.05) is 20.1 Å². The van der Waals surface area contributed by atoms with Gasteiger partial charge in [-0.1, -0.05) is 18.2 Å².